The highest BCUT2D eigenvalue weighted by Gasteiger charge is 2.21. The van der Waals surface area contributed by atoms with Gasteiger partial charge in [-0.3, -0.25) is 4.90 Å². The second-order valence-electron chi connectivity index (χ2n) is 7.20. The second-order valence-corrected chi connectivity index (χ2v) is 7.63. The summed E-state index contributed by atoms with van der Waals surface area (Å²) in [5.74, 6) is 2.07. The van der Waals surface area contributed by atoms with Gasteiger partial charge in [0.1, 0.15) is 18.5 Å². The maximum Gasteiger partial charge on any atom is 0.231 e. The highest BCUT2D eigenvalue weighted by Crippen LogP contribution is 2.35. The number of benzene rings is 2. The molecule has 166 valence electrons. The van der Waals surface area contributed by atoms with Crippen molar-refractivity contribution in [3.05, 3.63) is 47.0 Å². The van der Waals surface area contributed by atoms with E-state index in [9.17, 15) is 5.11 Å². The van der Waals surface area contributed by atoms with Gasteiger partial charge in [-0.1, -0.05) is 17.7 Å². The Morgan fingerprint density at radius 2 is 1.77 bits per heavy atom. The summed E-state index contributed by atoms with van der Waals surface area (Å²) in [4.78, 5) is 4.62. The molecule has 1 saturated heterocycles. The second kappa shape index (κ2) is 11.2. The molecule has 0 bridgehead atoms. The van der Waals surface area contributed by atoms with Crippen LogP contribution in [0.3, 0.4) is 0 Å². The van der Waals surface area contributed by atoms with E-state index in [1.54, 1.807) is 6.07 Å². The zero-order valence-corrected chi connectivity index (χ0v) is 19.1. The average molecular weight is 478 g/mol. The summed E-state index contributed by atoms with van der Waals surface area (Å²) in [6.07, 6.45) is -0.551. The van der Waals surface area contributed by atoms with E-state index in [0.29, 0.717) is 18.0 Å². The Morgan fingerprint density at radius 3 is 2.53 bits per heavy atom. The molecule has 2 heterocycles. The fourth-order valence-corrected chi connectivity index (χ4v) is 3.77. The number of fused-ring (bicyclic) bond motifs is 1. The van der Waals surface area contributed by atoms with Gasteiger partial charge in [-0.15, -0.1) is 24.8 Å². The molecule has 9 heteroatoms. The summed E-state index contributed by atoms with van der Waals surface area (Å²) < 4.78 is 16.3. The maximum atomic E-state index is 10.4. The number of β-amino-alcohol motifs (C(OH)–C–C–N with tert-alkyl or cyclic N) is 1. The molecule has 0 aromatic heterocycles. The Kier molecular flexibility index (Phi) is 9.19. The number of rotatable bonds is 6. The average Bonchev–Trinajstić information content (AvgIpc) is 3.17. The van der Waals surface area contributed by atoms with Gasteiger partial charge in [-0.05, 0) is 36.8 Å². The smallest absolute Gasteiger partial charge is 0.231 e. The lowest BCUT2D eigenvalue weighted by Gasteiger charge is -2.37. The van der Waals surface area contributed by atoms with E-state index in [0.717, 1.165) is 37.0 Å². The zero-order valence-electron chi connectivity index (χ0n) is 16.8. The molecular formula is C21H27Cl3N2O4. The van der Waals surface area contributed by atoms with Crippen LogP contribution in [0.5, 0.6) is 17.2 Å². The van der Waals surface area contributed by atoms with Crippen LogP contribution in [0, 0.1) is 6.92 Å². The Hall–Kier alpha value is -1.57. The summed E-state index contributed by atoms with van der Waals surface area (Å²) >= 11 is 6.15. The molecule has 1 N–H and O–H groups in total. The Balaban J connectivity index is 0.00000160. The standard InChI is InChI=1S/C21H25ClN2O4.2ClH/c1-15-2-3-16(22)10-19(15)24-8-6-23(7-9-24)12-17(25)13-26-18-4-5-20-21(11-18)28-14-27-20;;/h2-5,10-11,17,25H,6-9,12-14H2,1H3;2*1H. The number of hydrogen-bond acceptors (Lipinski definition) is 6. The van der Waals surface area contributed by atoms with Gasteiger partial charge in [-0.25, -0.2) is 0 Å². The van der Waals surface area contributed by atoms with Crippen LogP contribution < -0.4 is 19.1 Å². The van der Waals surface area contributed by atoms with Crippen LogP contribution in [0.2, 0.25) is 5.02 Å². The topological polar surface area (TPSA) is 54.4 Å². The number of hydrogen-bond donors (Lipinski definition) is 1. The molecule has 30 heavy (non-hydrogen) atoms. The molecule has 0 saturated carbocycles. The first kappa shape index (κ1) is 24.7. The van der Waals surface area contributed by atoms with Gasteiger partial charge >= 0.3 is 0 Å². The highest BCUT2D eigenvalue weighted by atomic mass is 35.5. The molecule has 0 radical (unpaired) electrons. The first-order chi connectivity index (χ1) is 13.6. The molecule has 2 aromatic rings. The Morgan fingerprint density at radius 1 is 1.03 bits per heavy atom. The van der Waals surface area contributed by atoms with E-state index >= 15 is 0 Å². The van der Waals surface area contributed by atoms with Gasteiger partial charge in [0.05, 0.1) is 0 Å². The van der Waals surface area contributed by atoms with Gasteiger partial charge in [0, 0.05) is 49.5 Å². The molecule has 1 atom stereocenters. The van der Waals surface area contributed by atoms with Gasteiger partial charge in [0.2, 0.25) is 6.79 Å². The van der Waals surface area contributed by atoms with Crippen molar-refractivity contribution in [2.75, 3.05) is 51.0 Å². The fraction of sp³-hybridized carbons (Fsp3) is 0.429. The third kappa shape index (κ3) is 5.99. The number of nitrogens with zero attached hydrogens (tertiary/aromatic N) is 2. The third-order valence-electron chi connectivity index (χ3n) is 5.14. The monoisotopic (exact) mass is 476 g/mol. The Labute approximate surface area is 194 Å². The van der Waals surface area contributed by atoms with Crippen molar-refractivity contribution in [3.63, 3.8) is 0 Å². The van der Waals surface area contributed by atoms with Crippen LogP contribution in [-0.2, 0) is 0 Å². The summed E-state index contributed by atoms with van der Waals surface area (Å²) in [6.45, 7) is 6.80. The van der Waals surface area contributed by atoms with Crippen molar-refractivity contribution < 1.29 is 19.3 Å². The number of aliphatic hydroxyl groups is 1. The van der Waals surface area contributed by atoms with Crippen LogP contribution in [0.4, 0.5) is 5.69 Å². The summed E-state index contributed by atoms with van der Waals surface area (Å²) in [6, 6.07) is 11.4. The number of ether oxygens (including phenoxy) is 3. The van der Waals surface area contributed by atoms with E-state index in [-0.39, 0.29) is 38.2 Å². The van der Waals surface area contributed by atoms with Crippen LogP contribution in [-0.4, -0.2) is 62.2 Å². The fourth-order valence-electron chi connectivity index (χ4n) is 3.60. The van der Waals surface area contributed by atoms with E-state index in [1.165, 1.54) is 11.3 Å². The molecule has 6 nitrogen and oxygen atoms in total. The molecule has 0 spiro atoms. The van der Waals surface area contributed by atoms with Gasteiger partial charge in [0.15, 0.2) is 11.5 Å². The predicted octanol–water partition coefficient (Wildman–Crippen LogP) is 3.78. The minimum atomic E-state index is -0.551. The normalized spacial score (nSPS) is 16.4. The molecule has 2 aliphatic heterocycles. The van der Waals surface area contributed by atoms with Crippen LogP contribution in [0.25, 0.3) is 0 Å². The number of halogens is 3. The molecule has 0 aliphatic carbocycles. The van der Waals surface area contributed by atoms with Crippen molar-refractivity contribution in [3.8, 4) is 17.2 Å². The molecular weight excluding hydrogens is 451 g/mol. The lowest BCUT2D eigenvalue weighted by atomic mass is 10.1. The molecule has 1 unspecified atom stereocenters. The SMILES string of the molecule is Cc1ccc(Cl)cc1N1CCN(CC(O)COc2ccc3c(c2)OCO3)CC1.Cl.Cl. The Bertz CT molecular complexity index is 832. The third-order valence-corrected chi connectivity index (χ3v) is 5.37. The minimum absolute atomic E-state index is 0. The van der Waals surface area contributed by atoms with Crippen LogP contribution in [0.15, 0.2) is 36.4 Å². The maximum absolute atomic E-state index is 10.4. The van der Waals surface area contributed by atoms with Crippen molar-refractivity contribution in [2.45, 2.75) is 13.0 Å². The van der Waals surface area contributed by atoms with E-state index in [2.05, 4.69) is 22.8 Å². The summed E-state index contributed by atoms with van der Waals surface area (Å²) in [5, 5.41) is 11.1. The number of aliphatic hydroxyl groups excluding tert-OH is 1. The molecule has 2 aliphatic rings. The number of piperazine rings is 1. The van der Waals surface area contributed by atoms with Crippen molar-refractivity contribution in [1.82, 2.24) is 4.90 Å². The molecule has 0 amide bonds. The van der Waals surface area contributed by atoms with Crippen LogP contribution >= 0.6 is 36.4 Å². The zero-order chi connectivity index (χ0) is 19.5. The first-order valence-electron chi connectivity index (χ1n) is 9.52. The quantitative estimate of drug-likeness (QED) is 0.683. The molecule has 4 rings (SSSR count). The number of anilines is 1. The van der Waals surface area contributed by atoms with Crippen molar-refractivity contribution >= 4 is 42.1 Å². The van der Waals surface area contributed by atoms with E-state index in [4.69, 9.17) is 25.8 Å². The van der Waals surface area contributed by atoms with Crippen LogP contribution in [0.1, 0.15) is 5.56 Å². The van der Waals surface area contributed by atoms with Gasteiger partial charge in [0.25, 0.3) is 0 Å². The summed E-state index contributed by atoms with van der Waals surface area (Å²) in [7, 11) is 0. The molecule has 2 aromatic carbocycles. The summed E-state index contributed by atoms with van der Waals surface area (Å²) in [5.41, 5.74) is 2.42. The molecule has 1 fully saturated rings. The van der Waals surface area contributed by atoms with Crippen molar-refractivity contribution in [1.29, 1.82) is 0 Å². The highest BCUT2D eigenvalue weighted by molar-refractivity contribution is 6.30. The predicted molar refractivity (Wildman–Crippen MR) is 123 cm³/mol. The van der Waals surface area contributed by atoms with Crippen molar-refractivity contribution in [2.24, 2.45) is 0 Å². The van der Waals surface area contributed by atoms with Gasteiger partial charge in [-0.2, -0.15) is 0 Å². The van der Waals surface area contributed by atoms with E-state index < -0.39 is 6.10 Å². The largest absolute Gasteiger partial charge is 0.491 e. The minimum Gasteiger partial charge on any atom is -0.491 e. The van der Waals surface area contributed by atoms with Gasteiger partial charge < -0.3 is 24.2 Å². The lowest BCUT2D eigenvalue weighted by Crippen LogP contribution is -2.49. The lowest BCUT2D eigenvalue weighted by molar-refractivity contribution is 0.0662. The number of aryl methyl sites for hydroxylation is 1. The van der Waals surface area contributed by atoms with E-state index in [1.807, 2.05) is 24.3 Å². The first-order valence-corrected chi connectivity index (χ1v) is 9.90.